The summed E-state index contributed by atoms with van der Waals surface area (Å²) in [7, 11) is 0. The van der Waals surface area contributed by atoms with Crippen LogP contribution < -0.4 is 11.3 Å². The van der Waals surface area contributed by atoms with E-state index < -0.39 is 0 Å². The first-order valence-corrected chi connectivity index (χ1v) is 6.71. The Labute approximate surface area is 114 Å². The molecule has 0 aliphatic rings. The molecule has 0 saturated heterocycles. The van der Waals surface area contributed by atoms with Crippen molar-refractivity contribution in [3.8, 4) is 0 Å². The Bertz CT molecular complexity index is 514. The number of nitrogens with two attached hydrogens (primary N) is 1. The van der Waals surface area contributed by atoms with Crippen molar-refractivity contribution in [1.29, 1.82) is 0 Å². The van der Waals surface area contributed by atoms with Crippen LogP contribution in [-0.2, 0) is 6.42 Å². The average molecular weight is 258 g/mol. The molecule has 0 fully saturated rings. The van der Waals surface area contributed by atoms with Crippen LogP contribution in [0.4, 0.5) is 0 Å². The summed E-state index contributed by atoms with van der Waals surface area (Å²) in [5, 5.41) is 0. The molecule has 2 rings (SSSR count). The molecule has 0 aliphatic carbocycles. The fourth-order valence-electron chi connectivity index (χ4n) is 2.16. The van der Waals surface area contributed by atoms with Gasteiger partial charge in [0, 0.05) is 0 Å². The first kappa shape index (κ1) is 13.8. The average Bonchev–Trinajstić information content (AvgIpc) is 2.83. The number of aryl methyl sites for hydroxylation is 1. The van der Waals surface area contributed by atoms with Crippen LogP contribution in [0.15, 0.2) is 40.8 Å². The quantitative estimate of drug-likeness (QED) is 0.638. The van der Waals surface area contributed by atoms with Gasteiger partial charge in [0.15, 0.2) is 0 Å². The molecule has 0 saturated carbocycles. The van der Waals surface area contributed by atoms with E-state index in [2.05, 4.69) is 43.5 Å². The van der Waals surface area contributed by atoms with Gasteiger partial charge < -0.3 is 4.42 Å². The van der Waals surface area contributed by atoms with E-state index in [1.165, 1.54) is 11.1 Å². The number of benzene rings is 1. The fraction of sp³-hybridized carbons (Fsp3) is 0.375. The smallest absolute Gasteiger partial charge is 0.122 e. The zero-order chi connectivity index (χ0) is 13.8. The summed E-state index contributed by atoms with van der Waals surface area (Å²) in [4.78, 5) is 0. The highest BCUT2D eigenvalue weighted by Gasteiger charge is 2.14. The second-order valence-electron chi connectivity index (χ2n) is 5.27. The number of hydrazine groups is 1. The molecule has 1 unspecified atom stereocenters. The minimum Gasteiger partial charge on any atom is -0.465 e. The zero-order valence-electron chi connectivity index (χ0n) is 11.8. The lowest BCUT2D eigenvalue weighted by Gasteiger charge is -2.14. The van der Waals surface area contributed by atoms with Crippen LogP contribution in [0.25, 0.3) is 0 Å². The molecule has 0 radical (unpaired) electrons. The molecular weight excluding hydrogens is 236 g/mol. The highest BCUT2D eigenvalue weighted by Crippen LogP contribution is 2.21. The normalized spacial score (nSPS) is 12.9. The van der Waals surface area contributed by atoms with Crippen LogP contribution in [0.3, 0.4) is 0 Å². The SMILES string of the molecule is Cc1ccc(C(Cc2ccc(C(C)C)cc2)NN)o1. The molecule has 1 heterocycles. The molecule has 2 aromatic rings. The van der Waals surface area contributed by atoms with E-state index in [0.29, 0.717) is 5.92 Å². The lowest BCUT2D eigenvalue weighted by Crippen LogP contribution is -2.29. The molecule has 102 valence electrons. The van der Waals surface area contributed by atoms with Crippen LogP contribution in [0.5, 0.6) is 0 Å². The zero-order valence-corrected chi connectivity index (χ0v) is 11.8. The van der Waals surface area contributed by atoms with Crippen molar-refractivity contribution in [3.05, 3.63) is 59.0 Å². The molecule has 0 spiro atoms. The Balaban J connectivity index is 2.10. The van der Waals surface area contributed by atoms with Gasteiger partial charge in [-0.05, 0) is 42.5 Å². The minimum atomic E-state index is 0.0126. The van der Waals surface area contributed by atoms with E-state index in [1.54, 1.807) is 0 Å². The summed E-state index contributed by atoms with van der Waals surface area (Å²) in [5.74, 6) is 7.98. The Morgan fingerprint density at radius 3 is 2.26 bits per heavy atom. The van der Waals surface area contributed by atoms with E-state index >= 15 is 0 Å². The molecule has 3 N–H and O–H groups in total. The maximum atomic E-state index is 5.63. The van der Waals surface area contributed by atoms with Gasteiger partial charge in [-0.1, -0.05) is 38.1 Å². The highest BCUT2D eigenvalue weighted by atomic mass is 16.3. The molecule has 1 atom stereocenters. The molecule has 3 heteroatoms. The third-order valence-corrected chi connectivity index (χ3v) is 3.39. The Kier molecular flexibility index (Phi) is 4.40. The third kappa shape index (κ3) is 3.46. The van der Waals surface area contributed by atoms with Crippen LogP contribution in [0.1, 0.15) is 48.5 Å². The molecule has 19 heavy (non-hydrogen) atoms. The van der Waals surface area contributed by atoms with Gasteiger partial charge in [0.2, 0.25) is 0 Å². The van der Waals surface area contributed by atoms with Crippen molar-refractivity contribution in [2.45, 2.75) is 39.2 Å². The number of hydrogen-bond acceptors (Lipinski definition) is 3. The lowest BCUT2D eigenvalue weighted by atomic mass is 9.98. The van der Waals surface area contributed by atoms with Crippen LogP contribution >= 0.6 is 0 Å². The predicted molar refractivity (Wildman–Crippen MR) is 77.7 cm³/mol. The maximum absolute atomic E-state index is 5.63. The van der Waals surface area contributed by atoms with Crippen molar-refractivity contribution >= 4 is 0 Å². The standard InChI is InChI=1S/C16H22N2O/c1-11(2)14-7-5-13(6-8-14)10-15(18-17)16-9-4-12(3)19-16/h4-9,11,15,18H,10,17H2,1-3H3. The van der Waals surface area contributed by atoms with Gasteiger partial charge in [0.25, 0.3) is 0 Å². The second kappa shape index (κ2) is 6.04. The fourth-order valence-corrected chi connectivity index (χ4v) is 2.16. The summed E-state index contributed by atoms with van der Waals surface area (Å²) >= 11 is 0. The first-order chi connectivity index (χ1) is 9.10. The maximum Gasteiger partial charge on any atom is 0.122 e. The van der Waals surface area contributed by atoms with Crippen molar-refractivity contribution < 1.29 is 4.42 Å². The van der Waals surface area contributed by atoms with Crippen molar-refractivity contribution in [2.75, 3.05) is 0 Å². The molecule has 0 amide bonds. The van der Waals surface area contributed by atoms with Gasteiger partial charge in [0.05, 0.1) is 6.04 Å². The summed E-state index contributed by atoms with van der Waals surface area (Å²) < 4.78 is 5.63. The summed E-state index contributed by atoms with van der Waals surface area (Å²) in [6, 6.07) is 12.6. The van der Waals surface area contributed by atoms with Gasteiger partial charge in [-0.15, -0.1) is 0 Å². The van der Waals surface area contributed by atoms with E-state index in [-0.39, 0.29) is 6.04 Å². The lowest BCUT2D eigenvalue weighted by molar-refractivity contribution is 0.403. The van der Waals surface area contributed by atoms with Crippen LogP contribution in [0.2, 0.25) is 0 Å². The summed E-state index contributed by atoms with van der Waals surface area (Å²) in [5.41, 5.74) is 5.43. The van der Waals surface area contributed by atoms with Gasteiger partial charge in [0.1, 0.15) is 11.5 Å². The molecule has 0 bridgehead atoms. The van der Waals surface area contributed by atoms with Crippen molar-refractivity contribution in [1.82, 2.24) is 5.43 Å². The van der Waals surface area contributed by atoms with E-state index in [0.717, 1.165) is 17.9 Å². The number of furan rings is 1. The molecular formula is C16H22N2O. The monoisotopic (exact) mass is 258 g/mol. The molecule has 1 aromatic carbocycles. The van der Waals surface area contributed by atoms with Gasteiger partial charge in [-0.2, -0.15) is 0 Å². The molecule has 1 aromatic heterocycles. The minimum absolute atomic E-state index is 0.0126. The Morgan fingerprint density at radius 2 is 1.79 bits per heavy atom. The number of hydrogen-bond donors (Lipinski definition) is 2. The van der Waals surface area contributed by atoms with Crippen LogP contribution in [-0.4, -0.2) is 0 Å². The topological polar surface area (TPSA) is 51.2 Å². The van der Waals surface area contributed by atoms with E-state index in [9.17, 15) is 0 Å². The Hall–Kier alpha value is -1.58. The molecule has 3 nitrogen and oxygen atoms in total. The van der Waals surface area contributed by atoms with E-state index in [1.807, 2.05) is 19.1 Å². The van der Waals surface area contributed by atoms with Crippen LogP contribution in [0, 0.1) is 6.92 Å². The van der Waals surface area contributed by atoms with Gasteiger partial charge in [-0.3, -0.25) is 5.84 Å². The predicted octanol–water partition coefficient (Wildman–Crippen LogP) is 3.46. The second-order valence-corrected chi connectivity index (χ2v) is 5.27. The summed E-state index contributed by atoms with van der Waals surface area (Å²) in [6.07, 6.45) is 0.821. The highest BCUT2D eigenvalue weighted by molar-refractivity contribution is 5.26. The number of rotatable bonds is 5. The van der Waals surface area contributed by atoms with Crippen molar-refractivity contribution in [2.24, 2.45) is 5.84 Å². The number of nitrogens with one attached hydrogen (secondary N) is 1. The van der Waals surface area contributed by atoms with Crippen molar-refractivity contribution in [3.63, 3.8) is 0 Å². The summed E-state index contributed by atoms with van der Waals surface area (Å²) in [6.45, 7) is 6.34. The van der Waals surface area contributed by atoms with E-state index in [4.69, 9.17) is 10.3 Å². The largest absolute Gasteiger partial charge is 0.465 e. The molecule has 0 aliphatic heterocycles. The first-order valence-electron chi connectivity index (χ1n) is 6.71. The third-order valence-electron chi connectivity index (χ3n) is 3.39. The van der Waals surface area contributed by atoms with Gasteiger partial charge in [-0.25, -0.2) is 5.43 Å². The van der Waals surface area contributed by atoms with Gasteiger partial charge >= 0.3 is 0 Å². The Morgan fingerprint density at radius 1 is 1.11 bits per heavy atom.